The fraction of sp³-hybridized carbons (Fsp3) is 0.0667. The predicted molar refractivity (Wildman–Crippen MR) is 75.2 cm³/mol. The van der Waals surface area contributed by atoms with Crippen molar-refractivity contribution in [1.82, 2.24) is 10.2 Å². The third kappa shape index (κ3) is 2.08. The fourth-order valence-electron chi connectivity index (χ4n) is 1.92. The Labute approximate surface area is 110 Å². The van der Waals surface area contributed by atoms with Crippen LogP contribution in [0.5, 0.6) is 11.6 Å². The Balaban J connectivity index is 2.09. The number of ether oxygens (including phenoxy) is 1. The molecule has 0 spiro atoms. The number of nitrogen functional groups attached to an aromatic ring is 1. The van der Waals surface area contributed by atoms with Crippen LogP contribution in [-0.2, 0) is 0 Å². The number of para-hydroxylation sites is 1. The van der Waals surface area contributed by atoms with Gasteiger partial charge in [0.1, 0.15) is 0 Å². The van der Waals surface area contributed by atoms with Gasteiger partial charge in [-0.15, -0.1) is 5.10 Å². The molecule has 0 radical (unpaired) electrons. The molecule has 4 heteroatoms. The van der Waals surface area contributed by atoms with Crippen molar-refractivity contribution < 1.29 is 4.74 Å². The van der Waals surface area contributed by atoms with E-state index in [1.54, 1.807) is 6.20 Å². The summed E-state index contributed by atoms with van der Waals surface area (Å²) in [4.78, 5) is 0. The van der Waals surface area contributed by atoms with E-state index < -0.39 is 0 Å². The topological polar surface area (TPSA) is 61.0 Å². The zero-order valence-electron chi connectivity index (χ0n) is 10.5. The van der Waals surface area contributed by atoms with Crippen molar-refractivity contribution in [2.24, 2.45) is 0 Å². The molecule has 0 aliphatic rings. The molecule has 0 saturated heterocycles. The molecule has 0 fully saturated rings. The van der Waals surface area contributed by atoms with Crippen LogP contribution < -0.4 is 10.5 Å². The van der Waals surface area contributed by atoms with Gasteiger partial charge in [-0.25, -0.2) is 0 Å². The van der Waals surface area contributed by atoms with E-state index in [0.29, 0.717) is 17.3 Å². The van der Waals surface area contributed by atoms with E-state index in [1.807, 2.05) is 49.4 Å². The number of nitrogens with zero attached hydrogens (tertiary/aromatic N) is 2. The summed E-state index contributed by atoms with van der Waals surface area (Å²) < 4.78 is 5.80. The van der Waals surface area contributed by atoms with Gasteiger partial charge in [0.2, 0.25) is 5.88 Å². The first-order chi connectivity index (χ1) is 9.25. The van der Waals surface area contributed by atoms with Crippen molar-refractivity contribution in [2.75, 3.05) is 5.73 Å². The number of fused-ring (bicyclic) bond motifs is 1. The summed E-state index contributed by atoms with van der Waals surface area (Å²) in [6.07, 6.45) is 1.71. The van der Waals surface area contributed by atoms with Crippen LogP contribution in [0.25, 0.3) is 10.8 Å². The van der Waals surface area contributed by atoms with E-state index in [1.165, 1.54) is 0 Å². The fourth-order valence-corrected chi connectivity index (χ4v) is 1.92. The lowest BCUT2D eigenvalue weighted by molar-refractivity contribution is 0.464. The molecule has 0 amide bonds. The van der Waals surface area contributed by atoms with E-state index in [-0.39, 0.29) is 0 Å². The van der Waals surface area contributed by atoms with Gasteiger partial charge in [-0.05, 0) is 24.6 Å². The first-order valence-corrected chi connectivity index (χ1v) is 5.99. The third-order valence-electron chi connectivity index (χ3n) is 3.03. The minimum Gasteiger partial charge on any atom is -0.435 e. The molecular weight excluding hydrogens is 238 g/mol. The van der Waals surface area contributed by atoms with Crippen LogP contribution in [0.1, 0.15) is 5.56 Å². The molecule has 94 valence electrons. The van der Waals surface area contributed by atoms with Crippen LogP contribution >= 0.6 is 0 Å². The SMILES string of the molecule is Cc1cccc(Oc2nncc3ccccc23)c1N. The number of aromatic nitrogens is 2. The van der Waals surface area contributed by atoms with Crippen LogP contribution in [0.4, 0.5) is 5.69 Å². The molecule has 0 aliphatic carbocycles. The van der Waals surface area contributed by atoms with Gasteiger partial charge >= 0.3 is 0 Å². The first-order valence-electron chi connectivity index (χ1n) is 5.99. The van der Waals surface area contributed by atoms with Gasteiger partial charge in [0.05, 0.1) is 11.9 Å². The average molecular weight is 251 g/mol. The van der Waals surface area contributed by atoms with Crippen LogP contribution in [-0.4, -0.2) is 10.2 Å². The van der Waals surface area contributed by atoms with Crippen molar-refractivity contribution in [3.05, 3.63) is 54.2 Å². The minimum atomic E-state index is 0.468. The van der Waals surface area contributed by atoms with E-state index in [9.17, 15) is 0 Å². The molecule has 2 aromatic carbocycles. The van der Waals surface area contributed by atoms with Crippen LogP contribution in [0.2, 0.25) is 0 Å². The second-order valence-corrected chi connectivity index (χ2v) is 4.33. The summed E-state index contributed by atoms with van der Waals surface area (Å²) in [5.41, 5.74) is 7.60. The number of hydrogen-bond donors (Lipinski definition) is 1. The molecule has 4 nitrogen and oxygen atoms in total. The highest BCUT2D eigenvalue weighted by Gasteiger charge is 2.08. The van der Waals surface area contributed by atoms with Crippen molar-refractivity contribution in [3.8, 4) is 11.6 Å². The molecule has 0 unspecified atom stereocenters. The van der Waals surface area contributed by atoms with Crippen molar-refractivity contribution in [3.63, 3.8) is 0 Å². The Morgan fingerprint density at radius 2 is 1.89 bits per heavy atom. The van der Waals surface area contributed by atoms with E-state index in [4.69, 9.17) is 10.5 Å². The molecule has 3 aromatic rings. The Bertz CT molecular complexity index is 735. The van der Waals surface area contributed by atoms with Gasteiger partial charge in [-0.2, -0.15) is 5.10 Å². The normalized spacial score (nSPS) is 10.6. The number of hydrogen-bond acceptors (Lipinski definition) is 4. The van der Waals surface area contributed by atoms with E-state index in [0.717, 1.165) is 16.3 Å². The predicted octanol–water partition coefficient (Wildman–Crippen LogP) is 3.31. The number of aryl methyl sites for hydroxylation is 1. The lowest BCUT2D eigenvalue weighted by Crippen LogP contribution is -1.97. The van der Waals surface area contributed by atoms with Gasteiger partial charge in [-0.1, -0.05) is 30.3 Å². The molecule has 0 saturated carbocycles. The van der Waals surface area contributed by atoms with E-state index in [2.05, 4.69) is 10.2 Å². The Morgan fingerprint density at radius 1 is 1.05 bits per heavy atom. The Hall–Kier alpha value is -2.62. The van der Waals surface area contributed by atoms with Gasteiger partial charge in [0.25, 0.3) is 0 Å². The highest BCUT2D eigenvalue weighted by Crippen LogP contribution is 2.31. The smallest absolute Gasteiger partial charge is 0.246 e. The molecule has 1 heterocycles. The number of benzene rings is 2. The molecule has 0 atom stereocenters. The Morgan fingerprint density at radius 3 is 2.79 bits per heavy atom. The summed E-state index contributed by atoms with van der Waals surface area (Å²) in [7, 11) is 0. The molecule has 1 aromatic heterocycles. The van der Waals surface area contributed by atoms with Crippen molar-refractivity contribution in [1.29, 1.82) is 0 Å². The van der Waals surface area contributed by atoms with Crippen LogP contribution in [0.3, 0.4) is 0 Å². The molecule has 0 bridgehead atoms. The monoisotopic (exact) mass is 251 g/mol. The molecule has 3 rings (SSSR count). The van der Waals surface area contributed by atoms with Crippen molar-refractivity contribution in [2.45, 2.75) is 6.92 Å². The van der Waals surface area contributed by atoms with Gasteiger partial charge in [0, 0.05) is 10.8 Å². The second kappa shape index (κ2) is 4.57. The quantitative estimate of drug-likeness (QED) is 0.710. The number of nitrogens with two attached hydrogens (primary N) is 1. The van der Waals surface area contributed by atoms with Crippen molar-refractivity contribution >= 4 is 16.5 Å². The average Bonchev–Trinajstić information content (AvgIpc) is 2.44. The summed E-state index contributed by atoms with van der Waals surface area (Å²) >= 11 is 0. The largest absolute Gasteiger partial charge is 0.435 e. The zero-order chi connectivity index (χ0) is 13.2. The van der Waals surface area contributed by atoms with Gasteiger partial charge < -0.3 is 10.5 Å². The van der Waals surface area contributed by atoms with Crippen LogP contribution in [0, 0.1) is 6.92 Å². The third-order valence-corrected chi connectivity index (χ3v) is 3.03. The maximum absolute atomic E-state index is 6.00. The Kier molecular flexibility index (Phi) is 2.76. The van der Waals surface area contributed by atoms with Gasteiger partial charge in [-0.3, -0.25) is 0 Å². The summed E-state index contributed by atoms with van der Waals surface area (Å²) in [5, 5.41) is 9.89. The highest BCUT2D eigenvalue weighted by molar-refractivity contribution is 5.86. The van der Waals surface area contributed by atoms with Crippen LogP contribution in [0.15, 0.2) is 48.7 Å². The lowest BCUT2D eigenvalue weighted by Gasteiger charge is -2.10. The zero-order valence-corrected chi connectivity index (χ0v) is 10.5. The molecule has 19 heavy (non-hydrogen) atoms. The number of rotatable bonds is 2. The van der Waals surface area contributed by atoms with Gasteiger partial charge in [0.15, 0.2) is 5.75 Å². The standard InChI is InChI=1S/C15H13N3O/c1-10-5-4-8-13(14(10)16)19-15-12-7-3-2-6-11(12)9-17-18-15/h2-9H,16H2,1H3. The molecular formula is C15H13N3O. The highest BCUT2D eigenvalue weighted by atomic mass is 16.5. The summed E-state index contributed by atoms with van der Waals surface area (Å²) in [6.45, 7) is 1.94. The first kappa shape index (κ1) is 11.5. The summed E-state index contributed by atoms with van der Waals surface area (Å²) in [6, 6.07) is 13.5. The number of anilines is 1. The molecule has 0 aliphatic heterocycles. The minimum absolute atomic E-state index is 0.468. The maximum Gasteiger partial charge on any atom is 0.246 e. The maximum atomic E-state index is 6.00. The van der Waals surface area contributed by atoms with E-state index >= 15 is 0 Å². The molecule has 2 N–H and O–H groups in total. The summed E-state index contributed by atoms with van der Waals surface area (Å²) in [5.74, 6) is 1.07. The lowest BCUT2D eigenvalue weighted by atomic mass is 10.2. The second-order valence-electron chi connectivity index (χ2n) is 4.33.